The summed E-state index contributed by atoms with van der Waals surface area (Å²) in [5.41, 5.74) is 1.51. The van der Waals surface area contributed by atoms with Crippen LogP contribution in [0.25, 0.3) is 17.0 Å². The van der Waals surface area contributed by atoms with Crippen LogP contribution in [0.5, 0.6) is 5.75 Å². The molecule has 0 saturated carbocycles. The molecule has 2 heterocycles. The van der Waals surface area contributed by atoms with Gasteiger partial charge in [0.05, 0.1) is 7.11 Å². The highest BCUT2D eigenvalue weighted by Crippen LogP contribution is 2.24. The van der Waals surface area contributed by atoms with Crippen molar-refractivity contribution < 1.29 is 13.9 Å². The number of aromatic amines is 1. The van der Waals surface area contributed by atoms with Gasteiger partial charge in [0, 0.05) is 23.3 Å². The van der Waals surface area contributed by atoms with E-state index in [1.807, 2.05) is 24.3 Å². The van der Waals surface area contributed by atoms with Crippen LogP contribution in [-0.4, -0.2) is 17.9 Å². The molecule has 0 atom stereocenters. The van der Waals surface area contributed by atoms with Gasteiger partial charge in [-0.3, -0.25) is 4.79 Å². The molecule has 0 aliphatic heterocycles. The number of hydrogen-bond donors (Lipinski definition) is 1. The summed E-state index contributed by atoms with van der Waals surface area (Å²) in [5.74, 6) is 0.846. The first-order valence-corrected chi connectivity index (χ1v) is 6.19. The molecular formula is C16H13NO3. The molecule has 0 spiro atoms. The molecule has 1 N–H and O–H groups in total. The number of furan rings is 1. The highest BCUT2D eigenvalue weighted by Gasteiger charge is 2.10. The van der Waals surface area contributed by atoms with E-state index in [1.54, 1.807) is 31.5 Å². The van der Waals surface area contributed by atoms with Gasteiger partial charge in [0.2, 0.25) is 5.78 Å². The van der Waals surface area contributed by atoms with E-state index in [4.69, 9.17) is 9.15 Å². The van der Waals surface area contributed by atoms with Gasteiger partial charge < -0.3 is 14.1 Å². The Labute approximate surface area is 115 Å². The molecule has 3 aromatic rings. The van der Waals surface area contributed by atoms with Gasteiger partial charge in [-0.2, -0.15) is 0 Å². The largest absolute Gasteiger partial charge is 0.497 e. The Morgan fingerprint density at radius 1 is 1.30 bits per heavy atom. The second-order valence-electron chi connectivity index (χ2n) is 4.34. The van der Waals surface area contributed by atoms with Crippen LogP contribution in [0, 0.1) is 0 Å². The molecule has 0 saturated heterocycles. The summed E-state index contributed by atoms with van der Waals surface area (Å²) in [5, 5.41) is 0.877. The van der Waals surface area contributed by atoms with Crippen LogP contribution in [0.4, 0.5) is 0 Å². The van der Waals surface area contributed by atoms with Crippen molar-refractivity contribution in [1.29, 1.82) is 0 Å². The number of aromatic nitrogens is 1. The number of hydrogen-bond acceptors (Lipinski definition) is 3. The summed E-state index contributed by atoms with van der Waals surface area (Å²) >= 11 is 0. The molecule has 100 valence electrons. The van der Waals surface area contributed by atoms with Gasteiger partial charge in [-0.15, -0.1) is 0 Å². The fourth-order valence-electron chi connectivity index (χ4n) is 1.96. The zero-order chi connectivity index (χ0) is 13.9. The minimum Gasteiger partial charge on any atom is -0.497 e. The van der Waals surface area contributed by atoms with E-state index in [0.717, 1.165) is 11.1 Å². The van der Waals surface area contributed by atoms with Gasteiger partial charge in [-0.05, 0) is 42.5 Å². The zero-order valence-corrected chi connectivity index (χ0v) is 10.9. The Kier molecular flexibility index (Phi) is 3.13. The standard InChI is InChI=1S/C16H13NO3/c1-19-13-6-4-11-9-16(20-15(11)10-13)14(18)7-5-12-3-2-8-17-12/h2-10,17H,1H3. The topological polar surface area (TPSA) is 55.2 Å². The third-order valence-electron chi connectivity index (χ3n) is 3.01. The van der Waals surface area contributed by atoms with E-state index in [-0.39, 0.29) is 5.78 Å². The predicted octanol–water partition coefficient (Wildman–Crippen LogP) is 3.67. The molecule has 0 amide bonds. The Balaban J connectivity index is 1.88. The molecular weight excluding hydrogens is 254 g/mol. The number of benzene rings is 1. The molecule has 0 aliphatic carbocycles. The molecule has 0 unspecified atom stereocenters. The summed E-state index contributed by atoms with van der Waals surface area (Å²) in [4.78, 5) is 15.0. The number of ether oxygens (including phenoxy) is 1. The van der Waals surface area contributed by atoms with Crippen molar-refractivity contribution in [2.75, 3.05) is 7.11 Å². The maximum absolute atomic E-state index is 12.0. The maximum Gasteiger partial charge on any atom is 0.221 e. The van der Waals surface area contributed by atoms with E-state index >= 15 is 0 Å². The summed E-state index contributed by atoms with van der Waals surface area (Å²) in [6.07, 6.45) is 5.01. The lowest BCUT2D eigenvalue weighted by Gasteiger charge is -1.96. The van der Waals surface area contributed by atoms with Crippen LogP contribution >= 0.6 is 0 Å². The van der Waals surface area contributed by atoms with E-state index in [2.05, 4.69) is 4.98 Å². The third-order valence-corrected chi connectivity index (χ3v) is 3.01. The van der Waals surface area contributed by atoms with Gasteiger partial charge in [-0.1, -0.05) is 0 Å². The van der Waals surface area contributed by atoms with Crippen molar-refractivity contribution in [3.63, 3.8) is 0 Å². The van der Waals surface area contributed by atoms with Gasteiger partial charge in [0.1, 0.15) is 11.3 Å². The van der Waals surface area contributed by atoms with Crippen LogP contribution in [0.1, 0.15) is 16.2 Å². The lowest BCUT2D eigenvalue weighted by Crippen LogP contribution is -1.90. The fourth-order valence-corrected chi connectivity index (χ4v) is 1.96. The molecule has 20 heavy (non-hydrogen) atoms. The Hall–Kier alpha value is -2.75. The number of ketones is 1. The van der Waals surface area contributed by atoms with Crippen molar-refractivity contribution in [2.45, 2.75) is 0 Å². The van der Waals surface area contributed by atoms with Crippen LogP contribution in [-0.2, 0) is 0 Å². The molecule has 0 bridgehead atoms. The minimum absolute atomic E-state index is 0.172. The number of carbonyl (C=O) groups excluding carboxylic acids is 1. The van der Waals surface area contributed by atoms with Crippen molar-refractivity contribution in [2.24, 2.45) is 0 Å². The van der Waals surface area contributed by atoms with E-state index in [9.17, 15) is 4.79 Å². The SMILES string of the molecule is COc1ccc2cc(C(=O)C=Cc3ccc[nH]3)oc2c1. The first-order chi connectivity index (χ1) is 9.76. The summed E-state index contributed by atoms with van der Waals surface area (Å²) in [7, 11) is 1.59. The second-order valence-corrected chi connectivity index (χ2v) is 4.34. The van der Waals surface area contributed by atoms with Gasteiger partial charge in [0.15, 0.2) is 5.76 Å². The van der Waals surface area contributed by atoms with Crippen molar-refractivity contribution in [3.8, 4) is 5.75 Å². The number of allylic oxidation sites excluding steroid dienone is 1. The van der Waals surface area contributed by atoms with E-state index in [0.29, 0.717) is 17.1 Å². The fraction of sp³-hybridized carbons (Fsp3) is 0.0625. The third kappa shape index (κ3) is 2.36. The number of nitrogens with one attached hydrogen (secondary N) is 1. The summed E-state index contributed by atoms with van der Waals surface area (Å²) < 4.78 is 10.7. The van der Waals surface area contributed by atoms with E-state index in [1.165, 1.54) is 6.08 Å². The molecule has 2 aromatic heterocycles. The number of rotatable bonds is 4. The number of fused-ring (bicyclic) bond motifs is 1. The quantitative estimate of drug-likeness (QED) is 0.579. The van der Waals surface area contributed by atoms with Crippen LogP contribution in [0.15, 0.2) is 53.1 Å². The lowest BCUT2D eigenvalue weighted by molar-refractivity contribution is 0.102. The maximum atomic E-state index is 12.0. The molecule has 4 heteroatoms. The Morgan fingerprint density at radius 2 is 2.20 bits per heavy atom. The first kappa shape index (κ1) is 12.3. The van der Waals surface area contributed by atoms with Gasteiger partial charge in [-0.25, -0.2) is 0 Å². The van der Waals surface area contributed by atoms with E-state index < -0.39 is 0 Å². The number of methoxy groups -OCH3 is 1. The smallest absolute Gasteiger partial charge is 0.221 e. The Bertz CT molecular complexity index is 766. The highest BCUT2D eigenvalue weighted by molar-refractivity contribution is 6.06. The lowest BCUT2D eigenvalue weighted by atomic mass is 10.2. The molecule has 1 aromatic carbocycles. The summed E-state index contributed by atoms with van der Waals surface area (Å²) in [6.45, 7) is 0. The minimum atomic E-state index is -0.172. The van der Waals surface area contributed by atoms with Gasteiger partial charge in [0.25, 0.3) is 0 Å². The molecule has 4 nitrogen and oxygen atoms in total. The Morgan fingerprint density at radius 3 is 2.95 bits per heavy atom. The monoisotopic (exact) mass is 267 g/mol. The summed E-state index contributed by atoms with van der Waals surface area (Å²) in [6, 6.07) is 11.0. The van der Waals surface area contributed by atoms with Crippen molar-refractivity contribution >= 4 is 22.8 Å². The number of carbonyl (C=O) groups is 1. The van der Waals surface area contributed by atoms with Crippen molar-refractivity contribution in [1.82, 2.24) is 4.98 Å². The zero-order valence-electron chi connectivity index (χ0n) is 10.9. The van der Waals surface area contributed by atoms with Crippen LogP contribution < -0.4 is 4.74 Å². The van der Waals surface area contributed by atoms with Gasteiger partial charge >= 0.3 is 0 Å². The molecule has 0 fully saturated rings. The van der Waals surface area contributed by atoms with Crippen LogP contribution in [0.2, 0.25) is 0 Å². The molecule has 0 aliphatic rings. The average molecular weight is 267 g/mol. The molecule has 3 rings (SSSR count). The van der Waals surface area contributed by atoms with Crippen LogP contribution in [0.3, 0.4) is 0 Å². The predicted molar refractivity (Wildman–Crippen MR) is 76.9 cm³/mol. The highest BCUT2D eigenvalue weighted by atomic mass is 16.5. The average Bonchev–Trinajstić information content (AvgIpc) is 3.12. The number of H-pyrrole nitrogens is 1. The second kappa shape index (κ2) is 5.09. The normalized spacial score (nSPS) is 11.2. The molecule has 0 radical (unpaired) electrons. The van der Waals surface area contributed by atoms with Crippen molar-refractivity contribution in [3.05, 3.63) is 60.1 Å². The first-order valence-electron chi connectivity index (χ1n) is 6.19.